The molecule has 1 aliphatic heterocycles. The smallest absolute Gasteiger partial charge is 0.338 e. The number of hydrogen-bond donors (Lipinski definition) is 0. The molecule has 2 rings (SSSR count). The molecule has 0 aliphatic carbocycles. The maximum atomic E-state index is 11.3. The van der Waals surface area contributed by atoms with Crippen LogP contribution in [0.5, 0.6) is 0 Å². The zero-order valence-electron chi connectivity index (χ0n) is 8.53. The number of benzene rings is 1. The third kappa shape index (κ3) is 1.86. The topological polar surface area (TPSA) is 35.5 Å². The molecule has 0 radical (unpaired) electrons. The van der Waals surface area contributed by atoms with E-state index in [0.29, 0.717) is 18.8 Å². The fourth-order valence-corrected chi connectivity index (χ4v) is 1.55. The SMILES string of the molecule is CCO/C=C/c1cccc2c1COC2=O. The van der Waals surface area contributed by atoms with E-state index in [9.17, 15) is 4.79 Å². The van der Waals surface area contributed by atoms with Crippen LogP contribution in [0, 0.1) is 0 Å². The summed E-state index contributed by atoms with van der Waals surface area (Å²) in [5.74, 6) is -0.239. The Bertz CT molecular complexity index is 407. The van der Waals surface area contributed by atoms with E-state index < -0.39 is 0 Å². The molecular formula is C12H12O3. The fourth-order valence-electron chi connectivity index (χ4n) is 1.55. The van der Waals surface area contributed by atoms with E-state index in [0.717, 1.165) is 11.1 Å². The highest BCUT2D eigenvalue weighted by Crippen LogP contribution is 2.24. The number of rotatable bonds is 3. The number of cyclic esters (lactones) is 1. The standard InChI is InChI=1S/C12H12O3/c1-2-14-7-6-9-4-3-5-10-11(9)8-15-12(10)13/h3-7H,2,8H2,1H3/b7-6+. The van der Waals surface area contributed by atoms with Crippen molar-refractivity contribution in [3.05, 3.63) is 41.2 Å². The number of carbonyl (C=O) groups excluding carboxylic acids is 1. The first-order valence-corrected chi connectivity index (χ1v) is 4.90. The lowest BCUT2D eigenvalue weighted by Gasteiger charge is -2.00. The quantitative estimate of drug-likeness (QED) is 0.560. The van der Waals surface area contributed by atoms with Crippen LogP contribution in [0.3, 0.4) is 0 Å². The van der Waals surface area contributed by atoms with Crippen LogP contribution in [0.25, 0.3) is 6.08 Å². The summed E-state index contributed by atoms with van der Waals surface area (Å²) in [7, 11) is 0. The molecule has 1 heterocycles. The largest absolute Gasteiger partial charge is 0.501 e. The van der Waals surface area contributed by atoms with E-state index in [1.807, 2.05) is 25.1 Å². The summed E-state index contributed by atoms with van der Waals surface area (Å²) in [6.45, 7) is 2.92. The van der Waals surface area contributed by atoms with Crippen molar-refractivity contribution in [3.63, 3.8) is 0 Å². The molecule has 0 unspecified atom stereocenters. The molecule has 1 aromatic rings. The summed E-state index contributed by atoms with van der Waals surface area (Å²) < 4.78 is 10.1. The van der Waals surface area contributed by atoms with Gasteiger partial charge in [-0.05, 0) is 24.6 Å². The summed E-state index contributed by atoms with van der Waals surface area (Å²) in [4.78, 5) is 11.3. The Morgan fingerprint density at radius 2 is 2.40 bits per heavy atom. The van der Waals surface area contributed by atoms with E-state index in [4.69, 9.17) is 9.47 Å². The molecule has 3 heteroatoms. The van der Waals surface area contributed by atoms with Crippen LogP contribution in [0.2, 0.25) is 0 Å². The lowest BCUT2D eigenvalue weighted by molar-refractivity contribution is 0.0535. The van der Waals surface area contributed by atoms with Gasteiger partial charge in [-0.2, -0.15) is 0 Å². The van der Waals surface area contributed by atoms with Crippen LogP contribution in [0.15, 0.2) is 24.5 Å². The minimum absolute atomic E-state index is 0.239. The van der Waals surface area contributed by atoms with Crippen molar-refractivity contribution in [3.8, 4) is 0 Å². The predicted octanol–water partition coefficient (Wildman–Crippen LogP) is 2.36. The van der Waals surface area contributed by atoms with Crippen LogP contribution in [-0.2, 0) is 16.1 Å². The highest BCUT2D eigenvalue weighted by atomic mass is 16.5. The Labute approximate surface area is 88.3 Å². The Morgan fingerprint density at radius 3 is 3.20 bits per heavy atom. The van der Waals surface area contributed by atoms with Crippen LogP contribution >= 0.6 is 0 Å². The lowest BCUT2D eigenvalue weighted by Crippen LogP contribution is -1.93. The molecule has 0 atom stereocenters. The van der Waals surface area contributed by atoms with E-state index in [-0.39, 0.29) is 5.97 Å². The number of carbonyl (C=O) groups is 1. The van der Waals surface area contributed by atoms with E-state index in [1.54, 1.807) is 12.3 Å². The highest BCUT2D eigenvalue weighted by molar-refractivity contribution is 5.94. The third-order valence-electron chi connectivity index (χ3n) is 2.29. The van der Waals surface area contributed by atoms with Crippen molar-refractivity contribution in [2.24, 2.45) is 0 Å². The summed E-state index contributed by atoms with van der Waals surface area (Å²) >= 11 is 0. The average Bonchev–Trinajstić information content (AvgIpc) is 2.62. The fraction of sp³-hybridized carbons (Fsp3) is 0.250. The van der Waals surface area contributed by atoms with Gasteiger partial charge in [0.1, 0.15) is 6.61 Å². The normalized spacial score (nSPS) is 14.1. The van der Waals surface area contributed by atoms with Crippen molar-refractivity contribution in [2.75, 3.05) is 6.61 Å². The van der Waals surface area contributed by atoms with Crippen LogP contribution < -0.4 is 0 Å². The Morgan fingerprint density at radius 1 is 1.53 bits per heavy atom. The zero-order valence-corrected chi connectivity index (χ0v) is 8.53. The average molecular weight is 204 g/mol. The molecule has 0 spiro atoms. The van der Waals surface area contributed by atoms with Crippen molar-refractivity contribution in [2.45, 2.75) is 13.5 Å². The van der Waals surface area contributed by atoms with Gasteiger partial charge in [0.15, 0.2) is 0 Å². The van der Waals surface area contributed by atoms with Crippen molar-refractivity contribution < 1.29 is 14.3 Å². The molecule has 0 saturated carbocycles. The van der Waals surface area contributed by atoms with Gasteiger partial charge in [0.2, 0.25) is 0 Å². The van der Waals surface area contributed by atoms with E-state index >= 15 is 0 Å². The van der Waals surface area contributed by atoms with Crippen molar-refractivity contribution >= 4 is 12.0 Å². The molecule has 0 bridgehead atoms. The van der Waals surface area contributed by atoms with Gasteiger partial charge >= 0.3 is 5.97 Å². The molecule has 78 valence electrons. The molecule has 0 aromatic heterocycles. The lowest BCUT2D eigenvalue weighted by atomic mass is 10.0. The van der Waals surface area contributed by atoms with E-state index in [1.165, 1.54) is 0 Å². The monoisotopic (exact) mass is 204 g/mol. The molecular weight excluding hydrogens is 192 g/mol. The van der Waals surface area contributed by atoms with Crippen molar-refractivity contribution in [1.82, 2.24) is 0 Å². The van der Waals surface area contributed by atoms with Gasteiger partial charge in [-0.15, -0.1) is 0 Å². The first-order chi connectivity index (χ1) is 7.33. The number of ether oxygens (including phenoxy) is 2. The second-order valence-corrected chi connectivity index (χ2v) is 3.21. The van der Waals surface area contributed by atoms with Gasteiger partial charge in [-0.25, -0.2) is 4.79 Å². The highest BCUT2D eigenvalue weighted by Gasteiger charge is 2.22. The van der Waals surface area contributed by atoms with Gasteiger partial charge in [-0.3, -0.25) is 0 Å². The summed E-state index contributed by atoms with van der Waals surface area (Å²) in [6, 6.07) is 5.57. The summed E-state index contributed by atoms with van der Waals surface area (Å²) in [5, 5.41) is 0. The Balaban J connectivity index is 2.30. The first-order valence-electron chi connectivity index (χ1n) is 4.90. The molecule has 3 nitrogen and oxygen atoms in total. The van der Waals surface area contributed by atoms with Gasteiger partial charge < -0.3 is 9.47 Å². The first kappa shape index (κ1) is 9.77. The minimum Gasteiger partial charge on any atom is -0.501 e. The molecule has 15 heavy (non-hydrogen) atoms. The molecule has 1 aliphatic rings. The third-order valence-corrected chi connectivity index (χ3v) is 2.29. The van der Waals surface area contributed by atoms with Gasteiger partial charge in [0, 0.05) is 5.56 Å². The summed E-state index contributed by atoms with van der Waals surface area (Å²) in [5.41, 5.74) is 2.58. The van der Waals surface area contributed by atoms with Crippen molar-refractivity contribution in [1.29, 1.82) is 0 Å². The van der Waals surface area contributed by atoms with Crippen LogP contribution in [0.4, 0.5) is 0 Å². The van der Waals surface area contributed by atoms with Gasteiger partial charge in [0.05, 0.1) is 18.4 Å². The van der Waals surface area contributed by atoms with Gasteiger partial charge in [0.25, 0.3) is 0 Å². The zero-order chi connectivity index (χ0) is 10.7. The minimum atomic E-state index is -0.239. The number of hydrogen-bond acceptors (Lipinski definition) is 3. The van der Waals surface area contributed by atoms with E-state index in [2.05, 4.69) is 0 Å². The van der Waals surface area contributed by atoms with Gasteiger partial charge in [-0.1, -0.05) is 12.1 Å². The Kier molecular flexibility index (Phi) is 2.72. The maximum Gasteiger partial charge on any atom is 0.338 e. The molecule has 0 fully saturated rings. The summed E-state index contributed by atoms with van der Waals surface area (Å²) in [6.07, 6.45) is 3.49. The molecule has 0 saturated heterocycles. The Hall–Kier alpha value is -1.77. The molecule has 0 N–H and O–H groups in total. The second-order valence-electron chi connectivity index (χ2n) is 3.21. The van der Waals surface area contributed by atoms with Crippen LogP contribution in [0.1, 0.15) is 28.4 Å². The predicted molar refractivity (Wildman–Crippen MR) is 56.2 cm³/mol. The number of fused-ring (bicyclic) bond motifs is 1. The molecule has 0 amide bonds. The second kappa shape index (κ2) is 4.17. The number of esters is 1. The maximum absolute atomic E-state index is 11.3. The van der Waals surface area contributed by atoms with Crippen LogP contribution in [-0.4, -0.2) is 12.6 Å². The molecule has 1 aromatic carbocycles.